The molecular weight excluding hydrogens is 247 g/mol. The summed E-state index contributed by atoms with van der Waals surface area (Å²) in [5.41, 5.74) is 6.42. The highest BCUT2D eigenvalue weighted by Crippen LogP contribution is 2.18. The van der Waals surface area contributed by atoms with Gasteiger partial charge in [0, 0.05) is 18.4 Å². The van der Waals surface area contributed by atoms with Crippen LogP contribution in [-0.2, 0) is 0 Å². The van der Waals surface area contributed by atoms with Crippen molar-refractivity contribution in [3.63, 3.8) is 0 Å². The number of rotatable bonds is 5. The number of hydrogen-bond donors (Lipinski definition) is 2. The number of aromatic nitrogens is 2. The van der Waals surface area contributed by atoms with Crippen LogP contribution in [0, 0.1) is 5.82 Å². The van der Waals surface area contributed by atoms with Crippen molar-refractivity contribution in [3.8, 4) is 0 Å². The molecule has 5 nitrogen and oxygen atoms in total. The SMILES string of the molecule is NCCCN(C(=O)c1cn[nH]c1)c1cccc(F)c1. The maximum atomic E-state index is 13.3. The summed E-state index contributed by atoms with van der Waals surface area (Å²) in [6, 6.07) is 5.93. The molecule has 1 aromatic carbocycles. The molecule has 1 aromatic heterocycles. The van der Waals surface area contributed by atoms with E-state index < -0.39 is 0 Å². The van der Waals surface area contributed by atoms with Crippen LogP contribution in [-0.4, -0.2) is 29.2 Å². The number of aromatic amines is 1. The number of hydrogen-bond acceptors (Lipinski definition) is 3. The molecule has 0 aliphatic carbocycles. The molecule has 0 atom stereocenters. The predicted molar refractivity (Wildman–Crippen MR) is 70.3 cm³/mol. The van der Waals surface area contributed by atoms with Gasteiger partial charge in [0.05, 0.1) is 11.8 Å². The number of carbonyl (C=O) groups is 1. The maximum absolute atomic E-state index is 13.3. The van der Waals surface area contributed by atoms with Gasteiger partial charge in [-0.2, -0.15) is 5.10 Å². The van der Waals surface area contributed by atoms with E-state index in [9.17, 15) is 9.18 Å². The van der Waals surface area contributed by atoms with Crippen molar-refractivity contribution in [2.75, 3.05) is 18.0 Å². The van der Waals surface area contributed by atoms with Crippen molar-refractivity contribution >= 4 is 11.6 Å². The number of halogens is 1. The summed E-state index contributed by atoms with van der Waals surface area (Å²) in [5.74, 6) is -0.608. The van der Waals surface area contributed by atoms with Crippen LogP contribution in [0.2, 0.25) is 0 Å². The zero-order valence-electron chi connectivity index (χ0n) is 10.3. The standard InChI is InChI=1S/C13H15FN4O/c14-11-3-1-4-12(7-11)18(6-2-5-15)13(19)10-8-16-17-9-10/h1,3-4,7-9H,2,5-6,15H2,(H,16,17). The van der Waals surface area contributed by atoms with Gasteiger partial charge in [-0.1, -0.05) is 6.07 Å². The van der Waals surface area contributed by atoms with Gasteiger partial charge in [-0.15, -0.1) is 0 Å². The number of benzene rings is 1. The Morgan fingerprint density at radius 3 is 2.95 bits per heavy atom. The minimum Gasteiger partial charge on any atom is -0.330 e. The molecule has 0 aliphatic rings. The van der Waals surface area contributed by atoms with Crippen LogP contribution < -0.4 is 10.6 Å². The molecule has 1 amide bonds. The fourth-order valence-corrected chi connectivity index (χ4v) is 1.77. The van der Waals surface area contributed by atoms with Crippen molar-refractivity contribution in [1.82, 2.24) is 10.2 Å². The van der Waals surface area contributed by atoms with Gasteiger partial charge in [-0.25, -0.2) is 4.39 Å². The lowest BCUT2D eigenvalue weighted by molar-refractivity contribution is 0.0987. The number of nitrogens with one attached hydrogen (secondary N) is 1. The lowest BCUT2D eigenvalue weighted by Crippen LogP contribution is -2.32. The van der Waals surface area contributed by atoms with Crippen LogP contribution in [0.3, 0.4) is 0 Å². The third-order valence-electron chi connectivity index (χ3n) is 2.70. The summed E-state index contributed by atoms with van der Waals surface area (Å²) < 4.78 is 13.3. The van der Waals surface area contributed by atoms with E-state index in [1.807, 2.05) is 0 Å². The summed E-state index contributed by atoms with van der Waals surface area (Å²) in [5, 5.41) is 6.33. The van der Waals surface area contributed by atoms with E-state index in [1.165, 1.54) is 29.4 Å². The van der Waals surface area contributed by atoms with Crippen LogP contribution in [0.1, 0.15) is 16.8 Å². The van der Waals surface area contributed by atoms with Crippen LogP contribution >= 0.6 is 0 Å². The van der Waals surface area contributed by atoms with Gasteiger partial charge in [-0.3, -0.25) is 9.89 Å². The highest BCUT2D eigenvalue weighted by Gasteiger charge is 2.18. The Balaban J connectivity index is 2.28. The molecule has 0 fully saturated rings. The number of carbonyl (C=O) groups excluding carboxylic acids is 1. The minimum absolute atomic E-state index is 0.229. The molecule has 0 radical (unpaired) electrons. The molecule has 0 aliphatic heterocycles. The second kappa shape index (κ2) is 6.10. The Bertz CT molecular complexity index is 541. The third-order valence-corrected chi connectivity index (χ3v) is 2.70. The first-order chi connectivity index (χ1) is 9.22. The Kier molecular flexibility index (Phi) is 4.25. The van der Waals surface area contributed by atoms with Gasteiger partial charge < -0.3 is 10.6 Å². The second-order valence-corrected chi connectivity index (χ2v) is 4.07. The molecule has 100 valence electrons. The van der Waals surface area contributed by atoms with Gasteiger partial charge in [0.25, 0.3) is 5.91 Å². The highest BCUT2D eigenvalue weighted by atomic mass is 19.1. The Morgan fingerprint density at radius 2 is 2.32 bits per heavy atom. The van der Waals surface area contributed by atoms with E-state index in [4.69, 9.17) is 5.73 Å². The van der Waals surface area contributed by atoms with E-state index in [1.54, 1.807) is 12.1 Å². The maximum Gasteiger partial charge on any atom is 0.261 e. The first-order valence-corrected chi connectivity index (χ1v) is 5.98. The van der Waals surface area contributed by atoms with Crippen LogP contribution in [0.25, 0.3) is 0 Å². The highest BCUT2D eigenvalue weighted by molar-refractivity contribution is 6.05. The molecule has 19 heavy (non-hydrogen) atoms. The number of anilines is 1. The number of nitrogens with two attached hydrogens (primary N) is 1. The third kappa shape index (κ3) is 3.17. The first-order valence-electron chi connectivity index (χ1n) is 5.98. The summed E-state index contributed by atoms with van der Waals surface area (Å²) in [7, 11) is 0. The van der Waals surface area contributed by atoms with Gasteiger partial charge in [-0.05, 0) is 31.2 Å². The molecule has 3 N–H and O–H groups in total. The Hall–Kier alpha value is -2.21. The normalized spacial score (nSPS) is 10.4. The average Bonchev–Trinajstić information content (AvgIpc) is 2.93. The predicted octanol–water partition coefficient (Wildman–Crippen LogP) is 1.54. The van der Waals surface area contributed by atoms with E-state index >= 15 is 0 Å². The quantitative estimate of drug-likeness (QED) is 0.858. The van der Waals surface area contributed by atoms with Crippen LogP contribution in [0.15, 0.2) is 36.7 Å². The van der Waals surface area contributed by atoms with Crippen molar-refractivity contribution in [3.05, 3.63) is 48.0 Å². The minimum atomic E-state index is -0.379. The first kappa shape index (κ1) is 13.2. The summed E-state index contributed by atoms with van der Waals surface area (Å²) in [6.07, 6.45) is 3.59. The molecule has 0 saturated heterocycles. The van der Waals surface area contributed by atoms with E-state index in [0.29, 0.717) is 30.8 Å². The zero-order chi connectivity index (χ0) is 13.7. The van der Waals surface area contributed by atoms with Gasteiger partial charge in [0.15, 0.2) is 0 Å². The molecule has 0 bridgehead atoms. The Morgan fingerprint density at radius 1 is 1.47 bits per heavy atom. The van der Waals surface area contributed by atoms with E-state index in [2.05, 4.69) is 10.2 Å². The molecule has 0 unspecified atom stereocenters. The van der Waals surface area contributed by atoms with Gasteiger partial charge in [0.1, 0.15) is 5.82 Å². The zero-order valence-corrected chi connectivity index (χ0v) is 10.3. The van der Waals surface area contributed by atoms with Crippen molar-refractivity contribution in [2.24, 2.45) is 5.73 Å². The van der Waals surface area contributed by atoms with Crippen molar-refractivity contribution in [2.45, 2.75) is 6.42 Å². The number of nitrogens with zero attached hydrogens (tertiary/aromatic N) is 2. The number of H-pyrrole nitrogens is 1. The van der Waals surface area contributed by atoms with Crippen molar-refractivity contribution < 1.29 is 9.18 Å². The molecular formula is C13H15FN4O. The van der Waals surface area contributed by atoms with Crippen LogP contribution in [0.4, 0.5) is 10.1 Å². The van der Waals surface area contributed by atoms with E-state index in [-0.39, 0.29) is 11.7 Å². The molecule has 1 heterocycles. The summed E-state index contributed by atoms with van der Waals surface area (Å²) in [4.78, 5) is 13.8. The molecule has 6 heteroatoms. The van der Waals surface area contributed by atoms with Gasteiger partial charge in [0.2, 0.25) is 0 Å². The largest absolute Gasteiger partial charge is 0.330 e. The molecule has 0 spiro atoms. The van der Waals surface area contributed by atoms with Crippen LogP contribution in [0.5, 0.6) is 0 Å². The van der Waals surface area contributed by atoms with Gasteiger partial charge >= 0.3 is 0 Å². The summed E-state index contributed by atoms with van der Waals surface area (Å²) in [6.45, 7) is 0.897. The molecule has 2 aromatic rings. The number of amides is 1. The fourth-order valence-electron chi connectivity index (χ4n) is 1.77. The smallest absolute Gasteiger partial charge is 0.261 e. The van der Waals surface area contributed by atoms with E-state index in [0.717, 1.165) is 0 Å². The lowest BCUT2D eigenvalue weighted by Gasteiger charge is -2.22. The average molecular weight is 262 g/mol. The topological polar surface area (TPSA) is 75.0 Å². The fraction of sp³-hybridized carbons (Fsp3) is 0.231. The molecule has 2 rings (SSSR count). The monoisotopic (exact) mass is 262 g/mol. The van der Waals surface area contributed by atoms with Crippen molar-refractivity contribution in [1.29, 1.82) is 0 Å². The lowest BCUT2D eigenvalue weighted by atomic mass is 10.2. The Labute approximate surface area is 110 Å². The second-order valence-electron chi connectivity index (χ2n) is 4.07. The molecule has 0 saturated carbocycles. The summed E-state index contributed by atoms with van der Waals surface area (Å²) >= 11 is 0.